The first-order valence-corrected chi connectivity index (χ1v) is 5.94. The Labute approximate surface area is 89.3 Å². The third kappa shape index (κ3) is 2.54. The summed E-state index contributed by atoms with van der Waals surface area (Å²) in [5.41, 5.74) is -0.563. The number of rotatable bonds is 3. The van der Waals surface area contributed by atoms with Crippen molar-refractivity contribution in [2.24, 2.45) is 0 Å². The van der Waals surface area contributed by atoms with Crippen LogP contribution in [-0.4, -0.2) is 20.5 Å². The van der Waals surface area contributed by atoms with Crippen LogP contribution >= 0.6 is 10.7 Å². The van der Waals surface area contributed by atoms with Crippen LogP contribution in [0.15, 0.2) is 17.3 Å². The Morgan fingerprint density at radius 2 is 2.13 bits per heavy atom. The molecule has 0 aliphatic carbocycles. The first kappa shape index (κ1) is 12.1. The van der Waals surface area contributed by atoms with Gasteiger partial charge >= 0.3 is 0 Å². The zero-order chi connectivity index (χ0) is 11.6. The molecular weight excluding hydrogens is 252 g/mol. The molecule has 0 unspecified atom stereocenters. The lowest BCUT2D eigenvalue weighted by atomic mass is 10.2. The highest BCUT2D eigenvalue weighted by Crippen LogP contribution is 2.34. The molecule has 1 rings (SSSR count). The molecule has 0 saturated carbocycles. The first-order chi connectivity index (χ1) is 6.88. The number of methoxy groups -OCH3 is 1. The van der Waals surface area contributed by atoms with E-state index in [0.29, 0.717) is 0 Å². The molecule has 8 heteroatoms. The van der Waals surface area contributed by atoms with Gasteiger partial charge < -0.3 is 4.74 Å². The van der Waals surface area contributed by atoms with E-state index in [1.165, 1.54) is 0 Å². The van der Waals surface area contributed by atoms with Gasteiger partial charge in [-0.2, -0.15) is 0 Å². The molecule has 0 radical (unpaired) electrons. The van der Waals surface area contributed by atoms with E-state index in [2.05, 4.69) is 9.72 Å². The topological polar surface area (TPSA) is 56.3 Å². The standard InChI is InChI=1S/C7H6ClF2NO3S/c1-14-5-4(6(9)10)2-3-11-7(5)15(8,12)13/h2-3,6H,1H3. The molecule has 84 valence electrons. The number of hydrogen-bond donors (Lipinski definition) is 0. The van der Waals surface area contributed by atoms with Gasteiger partial charge in [0.2, 0.25) is 5.03 Å². The van der Waals surface area contributed by atoms with Crippen molar-refractivity contribution in [3.63, 3.8) is 0 Å². The van der Waals surface area contributed by atoms with Crippen LogP contribution in [0.3, 0.4) is 0 Å². The van der Waals surface area contributed by atoms with Gasteiger partial charge in [0.25, 0.3) is 15.5 Å². The summed E-state index contributed by atoms with van der Waals surface area (Å²) in [4.78, 5) is 3.39. The van der Waals surface area contributed by atoms with Gasteiger partial charge in [0.15, 0.2) is 5.75 Å². The van der Waals surface area contributed by atoms with Crippen molar-refractivity contribution in [3.05, 3.63) is 17.8 Å². The largest absolute Gasteiger partial charge is 0.493 e. The number of halogens is 3. The minimum atomic E-state index is -4.20. The van der Waals surface area contributed by atoms with E-state index in [9.17, 15) is 17.2 Å². The fourth-order valence-electron chi connectivity index (χ4n) is 0.994. The molecule has 15 heavy (non-hydrogen) atoms. The maximum Gasteiger partial charge on any atom is 0.282 e. The summed E-state index contributed by atoms with van der Waals surface area (Å²) >= 11 is 0. The minimum Gasteiger partial charge on any atom is -0.493 e. The van der Waals surface area contributed by atoms with Gasteiger partial charge in [0.05, 0.1) is 12.7 Å². The highest BCUT2D eigenvalue weighted by molar-refractivity contribution is 8.13. The molecule has 0 amide bonds. The summed E-state index contributed by atoms with van der Waals surface area (Å²) in [6.07, 6.45) is -1.93. The molecule has 0 N–H and O–H groups in total. The van der Waals surface area contributed by atoms with Gasteiger partial charge in [0.1, 0.15) is 0 Å². The number of pyridine rings is 1. The number of aromatic nitrogens is 1. The molecule has 0 bridgehead atoms. The second-order valence-corrected chi connectivity index (χ2v) is 4.96. The van der Waals surface area contributed by atoms with Crippen LogP contribution < -0.4 is 4.74 Å². The molecule has 1 heterocycles. The molecular formula is C7H6ClF2NO3S. The molecule has 0 atom stereocenters. The van der Waals surface area contributed by atoms with E-state index in [-0.39, 0.29) is 0 Å². The smallest absolute Gasteiger partial charge is 0.282 e. The van der Waals surface area contributed by atoms with E-state index in [4.69, 9.17) is 10.7 Å². The third-order valence-corrected chi connectivity index (χ3v) is 2.76. The van der Waals surface area contributed by atoms with Crippen molar-refractivity contribution in [2.45, 2.75) is 11.5 Å². The number of alkyl halides is 2. The number of ether oxygens (including phenoxy) is 1. The van der Waals surface area contributed by atoms with E-state index >= 15 is 0 Å². The molecule has 0 aliphatic rings. The monoisotopic (exact) mass is 257 g/mol. The molecule has 4 nitrogen and oxygen atoms in total. The summed E-state index contributed by atoms with van der Waals surface area (Å²) in [6, 6.07) is 0.967. The molecule has 0 saturated heterocycles. The third-order valence-electron chi connectivity index (χ3n) is 1.57. The quantitative estimate of drug-likeness (QED) is 0.777. The summed E-state index contributed by atoms with van der Waals surface area (Å²) in [5.74, 6) is -0.525. The summed E-state index contributed by atoms with van der Waals surface area (Å²) in [7, 11) is 1.87. The minimum absolute atomic E-state index is 0.525. The van der Waals surface area contributed by atoms with Gasteiger partial charge in [-0.25, -0.2) is 22.2 Å². The second-order valence-electron chi connectivity index (χ2n) is 2.48. The van der Waals surface area contributed by atoms with Crippen molar-refractivity contribution in [1.82, 2.24) is 4.98 Å². The molecule has 1 aromatic heterocycles. The van der Waals surface area contributed by atoms with Gasteiger partial charge in [-0.15, -0.1) is 0 Å². The summed E-state index contributed by atoms with van der Waals surface area (Å²) < 4.78 is 51.4. The normalized spacial score (nSPS) is 11.8. The SMILES string of the molecule is COc1c(C(F)F)ccnc1S(=O)(=O)Cl. The fourth-order valence-corrected chi connectivity index (χ4v) is 1.93. The van der Waals surface area contributed by atoms with E-state index in [1.807, 2.05) is 0 Å². The second kappa shape index (κ2) is 4.28. The van der Waals surface area contributed by atoms with Crippen LogP contribution in [-0.2, 0) is 9.05 Å². The molecule has 0 fully saturated rings. The Morgan fingerprint density at radius 3 is 2.53 bits per heavy atom. The van der Waals surface area contributed by atoms with Crippen LogP contribution in [0.25, 0.3) is 0 Å². The lowest BCUT2D eigenvalue weighted by Crippen LogP contribution is -2.03. The van der Waals surface area contributed by atoms with Crippen LogP contribution in [0.2, 0.25) is 0 Å². The Kier molecular flexibility index (Phi) is 3.46. The van der Waals surface area contributed by atoms with Crippen molar-refractivity contribution in [3.8, 4) is 5.75 Å². The zero-order valence-corrected chi connectivity index (χ0v) is 9.02. The van der Waals surface area contributed by atoms with Crippen LogP contribution in [0.1, 0.15) is 12.0 Å². The maximum atomic E-state index is 12.4. The average Bonchev–Trinajstić information content (AvgIpc) is 2.15. The molecule has 1 aromatic rings. The van der Waals surface area contributed by atoms with Crippen LogP contribution in [0, 0.1) is 0 Å². The zero-order valence-electron chi connectivity index (χ0n) is 7.45. The van der Waals surface area contributed by atoms with E-state index < -0.39 is 31.8 Å². The first-order valence-electron chi connectivity index (χ1n) is 3.63. The summed E-state index contributed by atoms with van der Waals surface area (Å²) in [5, 5.41) is -0.704. The van der Waals surface area contributed by atoms with Crippen molar-refractivity contribution in [1.29, 1.82) is 0 Å². The van der Waals surface area contributed by atoms with Gasteiger partial charge in [-0.1, -0.05) is 0 Å². The molecule has 0 spiro atoms. The van der Waals surface area contributed by atoms with E-state index in [1.54, 1.807) is 0 Å². The van der Waals surface area contributed by atoms with Crippen molar-refractivity contribution < 1.29 is 21.9 Å². The van der Waals surface area contributed by atoms with E-state index in [0.717, 1.165) is 19.4 Å². The Hall–Kier alpha value is -0.950. The number of hydrogen-bond acceptors (Lipinski definition) is 4. The average molecular weight is 258 g/mol. The highest BCUT2D eigenvalue weighted by atomic mass is 35.7. The fraction of sp³-hybridized carbons (Fsp3) is 0.286. The highest BCUT2D eigenvalue weighted by Gasteiger charge is 2.24. The van der Waals surface area contributed by atoms with Crippen LogP contribution in [0.5, 0.6) is 5.75 Å². The maximum absolute atomic E-state index is 12.4. The molecule has 0 aliphatic heterocycles. The van der Waals surface area contributed by atoms with Crippen molar-refractivity contribution >= 4 is 19.7 Å². The van der Waals surface area contributed by atoms with Crippen LogP contribution in [0.4, 0.5) is 8.78 Å². The Morgan fingerprint density at radius 1 is 1.53 bits per heavy atom. The predicted molar refractivity (Wildman–Crippen MR) is 48.8 cm³/mol. The van der Waals surface area contributed by atoms with Gasteiger partial charge in [-0.3, -0.25) is 0 Å². The van der Waals surface area contributed by atoms with Gasteiger partial charge in [0, 0.05) is 16.9 Å². The lowest BCUT2D eigenvalue weighted by Gasteiger charge is -2.09. The Balaban J connectivity index is 3.49. The Bertz CT molecular complexity index is 463. The predicted octanol–water partition coefficient (Wildman–Crippen LogP) is 1.96. The summed E-state index contributed by atoms with van der Waals surface area (Å²) in [6.45, 7) is 0. The van der Waals surface area contributed by atoms with Crippen molar-refractivity contribution in [2.75, 3.05) is 7.11 Å². The molecule has 0 aromatic carbocycles. The number of nitrogens with zero attached hydrogens (tertiary/aromatic N) is 1. The van der Waals surface area contributed by atoms with Gasteiger partial charge in [-0.05, 0) is 6.07 Å². The lowest BCUT2D eigenvalue weighted by molar-refractivity contribution is 0.146.